The summed E-state index contributed by atoms with van der Waals surface area (Å²) >= 11 is 0. The highest BCUT2D eigenvalue weighted by molar-refractivity contribution is 5.95. The lowest BCUT2D eigenvalue weighted by Gasteiger charge is -2.09. The Kier molecular flexibility index (Phi) is 4.33. The average Bonchev–Trinajstić information content (AvgIpc) is 2.18. The Morgan fingerprint density at radius 1 is 1.29 bits per heavy atom. The summed E-state index contributed by atoms with van der Waals surface area (Å²) in [6.45, 7) is 3.89. The summed E-state index contributed by atoms with van der Waals surface area (Å²) in [4.78, 5) is 14.5. The van der Waals surface area contributed by atoms with Gasteiger partial charge in [-0.2, -0.15) is 0 Å². The molecule has 0 unspecified atom stereocenters. The van der Waals surface area contributed by atoms with Crippen LogP contribution in [0.3, 0.4) is 0 Å². The third-order valence-corrected chi connectivity index (χ3v) is 1.71. The van der Waals surface area contributed by atoms with Crippen molar-refractivity contribution < 1.29 is 9.53 Å². The van der Waals surface area contributed by atoms with E-state index in [1.54, 1.807) is 24.3 Å². The standard InChI is InChI=1S/C11H16N4O2/c1-7(2)17-9-5-3-8(4-6-9)14-10(12)15-11(13)16/h3-7H,1-2H3,(H5,12,13,14,15,16). The summed E-state index contributed by atoms with van der Waals surface area (Å²) in [7, 11) is 0. The number of amides is 2. The second-order valence-electron chi connectivity index (χ2n) is 3.65. The fourth-order valence-electron chi connectivity index (χ4n) is 1.16. The van der Waals surface area contributed by atoms with Crippen molar-refractivity contribution in [2.75, 3.05) is 0 Å². The molecular weight excluding hydrogens is 220 g/mol. The number of benzene rings is 1. The van der Waals surface area contributed by atoms with Crippen molar-refractivity contribution >= 4 is 17.7 Å². The smallest absolute Gasteiger partial charge is 0.318 e. The van der Waals surface area contributed by atoms with Crippen molar-refractivity contribution in [2.24, 2.45) is 16.5 Å². The minimum Gasteiger partial charge on any atom is -0.491 e. The van der Waals surface area contributed by atoms with E-state index in [0.717, 1.165) is 5.75 Å². The van der Waals surface area contributed by atoms with Crippen LogP contribution in [0.2, 0.25) is 0 Å². The number of rotatable bonds is 3. The van der Waals surface area contributed by atoms with Gasteiger partial charge in [-0.3, -0.25) is 5.32 Å². The number of aliphatic imine (C=N–C) groups is 1. The van der Waals surface area contributed by atoms with E-state index in [4.69, 9.17) is 16.2 Å². The molecule has 0 aromatic heterocycles. The number of hydrogen-bond donors (Lipinski definition) is 3. The molecule has 6 nitrogen and oxygen atoms in total. The van der Waals surface area contributed by atoms with E-state index < -0.39 is 6.03 Å². The Morgan fingerprint density at radius 2 is 1.88 bits per heavy atom. The molecule has 1 aromatic carbocycles. The molecule has 1 rings (SSSR count). The van der Waals surface area contributed by atoms with Crippen molar-refractivity contribution in [1.29, 1.82) is 0 Å². The van der Waals surface area contributed by atoms with Crippen LogP contribution < -0.4 is 21.5 Å². The van der Waals surface area contributed by atoms with Crippen LogP contribution in [0.15, 0.2) is 29.3 Å². The molecule has 0 atom stereocenters. The van der Waals surface area contributed by atoms with Crippen LogP contribution in [0.1, 0.15) is 13.8 Å². The van der Waals surface area contributed by atoms with Crippen molar-refractivity contribution in [3.8, 4) is 5.75 Å². The first-order valence-corrected chi connectivity index (χ1v) is 5.14. The Morgan fingerprint density at radius 3 is 2.35 bits per heavy atom. The number of nitrogens with two attached hydrogens (primary N) is 2. The minimum absolute atomic E-state index is 0.0463. The lowest BCUT2D eigenvalue weighted by molar-refractivity contribution is 0.242. The number of hydrogen-bond acceptors (Lipinski definition) is 3. The van der Waals surface area contributed by atoms with Gasteiger partial charge in [0.1, 0.15) is 5.75 Å². The third-order valence-electron chi connectivity index (χ3n) is 1.71. The van der Waals surface area contributed by atoms with E-state index in [9.17, 15) is 4.79 Å². The summed E-state index contributed by atoms with van der Waals surface area (Å²) in [5.41, 5.74) is 10.9. The summed E-state index contributed by atoms with van der Waals surface area (Å²) < 4.78 is 5.47. The number of nitrogens with zero attached hydrogens (tertiary/aromatic N) is 1. The molecule has 0 radical (unpaired) electrons. The number of guanidine groups is 1. The molecule has 0 aliphatic heterocycles. The van der Waals surface area contributed by atoms with Crippen molar-refractivity contribution in [3.05, 3.63) is 24.3 Å². The fraction of sp³-hybridized carbons (Fsp3) is 0.273. The zero-order valence-electron chi connectivity index (χ0n) is 9.81. The van der Waals surface area contributed by atoms with Crippen LogP contribution in [-0.2, 0) is 0 Å². The Labute approximate surface area is 99.7 Å². The van der Waals surface area contributed by atoms with E-state index in [2.05, 4.69) is 10.3 Å². The van der Waals surface area contributed by atoms with Gasteiger partial charge in [-0.15, -0.1) is 0 Å². The van der Waals surface area contributed by atoms with Gasteiger partial charge >= 0.3 is 6.03 Å². The second-order valence-corrected chi connectivity index (χ2v) is 3.65. The van der Waals surface area contributed by atoms with Crippen LogP contribution in [0.25, 0.3) is 0 Å². The number of carbonyl (C=O) groups is 1. The largest absolute Gasteiger partial charge is 0.491 e. The molecule has 17 heavy (non-hydrogen) atoms. The van der Waals surface area contributed by atoms with Gasteiger partial charge in [0.25, 0.3) is 0 Å². The lowest BCUT2D eigenvalue weighted by Crippen LogP contribution is -2.39. The van der Waals surface area contributed by atoms with E-state index >= 15 is 0 Å². The SMILES string of the molecule is CC(C)Oc1ccc(N=C(N)NC(N)=O)cc1. The first-order valence-electron chi connectivity index (χ1n) is 5.14. The fourth-order valence-corrected chi connectivity index (χ4v) is 1.16. The first kappa shape index (κ1) is 12.8. The van der Waals surface area contributed by atoms with E-state index in [1.165, 1.54) is 0 Å². The van der Waals surface area contributed by atoms with E-state index in [1.807, 2.05) is 13.8 Å². The highest BCUT2D eigenvalue weighted by atomic mass is 16.5. The summed E-state index contributed by atoms with van der Waals surface area (Å²) in [6.07, 6.45) is 0.117. The van der Waals surface area contributed by atoms with Gasteiger partial charge in [0.15, 0.2) is 0 Å². The van der Waals surface area contributed by atoms with E-state index in [0.29, 0.717) is 5.69 Å². The summed E-state index contributed by atoms with van der Waals surface area (Å²) in [6, 6.07) is 6.26. The number of ether oxygens (including phenoxy) is 1. The Hall–Kier alpha value is -2.24. The van der Waals surface area contributed by atoms with Gasteiger partial charge in [-0.1, -0.05) is 0 Å². The van der Waals surface area contributed by atoms with Gasteiger partial charge in [-0.05, 0) is 38.1 Å². The summed E-state index contributed by atoms with van der Waals surface area (Å²) in [5, 5.41) is 2.17. The molecule has 0 heterocycles. The maximum absolute atomic E-state index is 10.5. The summed E-state index contributed by atoms with van der Waals surface area (Å²) in [5.74, 6) is 0.704. The predicted octanol–water partition coefficient (Wildman–Crippen LogP) is 1.09. The Balaban J connectivity index is 2.70. The topological polar surface area (TPSA) is 103 Å². The molecule has 92 valence electrons. The lowest BCUT2D eigenvalue weighted by atomic mass is 10.3. The molecule has 0 saturated carbocycles. The van der Waals surface area contributed by atoms with Gasteiger partial charge in [-0.25, -0.2) is 9.79 Å². The minimum atomic E-state index is -0.744. The predicted molar refractivity (Wildman–Crippen MR) is 66.2 cm³/mol. The molecule has 5 N–H and O–H groups in total. The van der Waals surface area contributed by atoms with Gasteiger partial charge in [0.2, 0.25) is 5.96 Å². The normalized spacial score (nSPS) is 11.4. The van der Waals surface area contributed by atoms with Gasteiger partial charge in [0, 0.05) is 0 Å². The first-order chi connectivity index (χ1) is 7.97. The zero-order valence-corrected chi connectivity index (χ0v) is 9.81. The van der Waals surface area contributed by atoms with Crippen LogP contribution in [0, 0.1) is 0 Å². The highest BCUT2D eigenvalue weighted by Gasteiger charge is 1.99. The maximum Gasteiger partial charge on any atom is 0.318 e. The Bertz CT molecular complexity index is 412. The molecule has 0 aliphatic rings. The van der Waals surface area contributed by atoms with Crippen molar-refractivity contribution in [2.45, 2.75) is 20.0 Å². The molecule has 0 bridgehead atoms. The highest BCUT2D eigenvalue weighted by Crippen LogP contribution is 2.18. The average molecular weight is 236 g/mol. The van der Waals surface area contributed by atoms with Crippen LogP contribution in [0.5, 0.6) is 5.75 Å². The molecule has 6 heteroatoms. The quantitative estimate of drug-likeness (QED) is 0.540. The van der Waals surface area contributed by atoms with Crippen LogP contribution in [-0.4, -0.2) is 18.1 Å². The number of nitrogens with one attached hydrogen (secondary N) is 1. The molecule has 2 amide bonds. The third kappa shape index (κ3) is 4.87. The monoisotopic (exact) mass is 236 g/mol. The van der Waals surface area contributed by atoms with Gasteiger partial charge in [0.05, 0.1) is 11.8 Å². The van der Waals surface area contributed by atoms with Crippen LogP contribution in [0.4, 0.5) is 10.5 Å². The second kappa shape index (κ2) is 5.74. The maximum atomic E-state index is 10.5. The van der Waals surface area contributed by atoms with Crippen molar-refractivity contribution in [1.82, 2.24) is 5.32 Å². The molecule has 0 spiro atoms. The number of primary amides is 1. The molecular formula is C11H16N4O2. The molecule has 0 saturated heterocycles. The number of carbonyl (C=O) groups excluding carboxylic acids is 1. The van der Waals surface area contributed by atoms with E-state index in [-0.39, 0.29) is 12.1 Å². The molecule has 1 aromatic rings. The number of urea groups is 1. The zero-order chi connectivity index (χ0) is 12.8. The van der Waals surface area contributed by atoms with Crippen LogP contribution >= 0.6 is 0 Å². The van der Waals surface area contributed by atoms with Gasteiger partial charge < -0.3 is 16.2 Å². The molecule has 0 fully saturated rings. The van der Waals surface area contributed by atoms with Crippen molar-refractivity contribution in [3.63, 3.8) is 0 Å². The molecule has 0 aliphatic carbocycles.